The van der Waals surface area contributed by atoms with Crippen molar-refractivity contribution in [2.75, 3.05) is 25.0 Å². The summed E-state index contributed by atoms with van der Waals surface area (Å²) in [5.74, 6) is -0.729. The van der Waals surface area contributed by atoms with Gasteiger partial charge in [0, 0.05) is 19.5 Å². The van der Waals surface area contributed by atoms with E-state index in [1.807, 2.05) is 0 Å². The highest BCUT2D eigenvalue weighted by atomic mass is 19.1. The first-order chi connectivity index (χ1) is 14.0. The Bertz CT molecular complexity index is 898. The summed E-state index contributed by atoms with van der Waals surface area (Å²) in [6.07, 6.45) is 2.44. The van der Waals surface area contributed by atoms with Gasteiger partial charge in [0.1, 0.15) is 12.0 Å². The van der Waals surface area contributed by atoms with Crippen molar-refractivity contribution >= 4 is 17.6 Å². The van der Waals surface area contributed by atoms with Gasteiger partial charge in [-0.25, -0.2) is 18.3 Å². The van der Waals surface area contributed by atoms with Gasteiger partial charge >= 0.3 is 6.03 Å². The van der Waals surface area contributed by atoms with Gasteiger partial charge in [-0.15, -0.1) is 5.10 Å². The second kappa shape index (κ2) is 8.14. The molecule has 10 heteroatoms. The molecule has 1 aromatic heterocycles. The minimum absolute atomic E-state index is 0.0396. The van der Waals surface area contributed by atoms with Crippen LogP contribution in [0.1, 0.15) is 29.8 Å². The highest BCUT2D eigenvalue weighted by Gasteiger charge is 2.36. The normalized spacial score (nSPS) is 21.6. The van der Waals surface area contributed by atoms with Crippen molar-refractivity contribution < 1.29 is 18.4 Å². The van der Waals surface area contributed by atoms with Gasteiger partial charge in [0.2, 0.25) is 0 Å². The first kappa shape index (κ1) is 19.3. The fraction of sp³-hybridized carbons (Fsp3) is 0.474. The van der Waals surface area contributed by atoms with Crippen LogP contribution in [-0.4, -0.2) is 68.6 Å². The molecule has 29 heavy (non-hydrogen) atoms. The number of hydrogen-bond donors (Lipinski definition) is 1. The van der Waals surface area contributed by atoms with Crippen LogP contribution in [0.4, 0.5) is 19.3 Å². The maximum absolute atomic E-state index is 14.0. The molecular formula is C19H22F2N6O2. The van der Waals surface area contributed by atoms with Gasteiger partial charge in [-0.1, -0.05) is 17.3 Å². The molecule has 2 aromatic rings. The van der Waals surface area contributed by atoms with Crippen molar-refractivity contribution in [2.45, 2.75) is 38.0 Å². The Balaban J connectivity index is 1.42. The number of hydrogen-bond acceptors (Lipinski definition) is 4. The van der Waals surface area contributed by atoms with Crippen molar-refractivity contribution in [1.29, 1.82) is 0 Å². The number of anilines is 1. The van der Waals surface area contributed by atoms with Crippen LogP contribution < -0.4 is 5.32 Å². The molecular weight excluding hydrogens is 382 g/mol. The molecule has 2 atom stereocenters. The van der Waals surface area contributed by atoms with Gasteiger partial charge in [0.05, 0.1) is 31.0 Å². The van der Waals surface area contributed by atoms with E-state index in [2.05, 4.69) is 15.6 Å². The molecule has 2 saturated heterocycles. The fourth-order valence-electron chi connectivity index (χ4n) is 3.81. The van der Waals surface area contributed by atoms with Crippen LogP contribution in [0, 0.1) is 5.82 Å². The zero-order valence-corrected chi connectivity index (χ0v) is 15.8. The lowest BCUT2D eigenvalue weighted by atomic mass is 10.2. The van der Waals surface area contributed by atoms with Gasteiger partial charge in [-0.2, -0.15) is 0 Å². The Labute approximate surface area is 166 Å². The van der Waals surface area contributed by atoms with Crippen molar-refractivity contribution in [3.8, 4) is 0 Å². The summed E-state index contributed by atoms with van der Waals surface area (Å²) in [4.78, 5) is 28.0. The summed E-state index contributed by atoms with van der Waals surface area (Å²) in [5, 5.41) is 10.4. The summed E-state index contributed by atoms with van der Waals surface area (Å²) in [7, 11) is 0. The highest BCUT2D eigenvalue weighted by Crippen LogP contribution is 2.24. The number of rotatable bonds is 4. The summed E-state index contributed by atoms with van der Waals surface area (Å²) in [6, 6.07) is 4.75. The SMILES string of the molecule is O=C(c1cn(CC2CC(F)CN2C(=O)Nc2ccccc2F)nn1)N1CCCC1. The molecule has 0 saturated carbocycles. The van der Waals surface area contributed by atoms with Crippen LogP contribution in [0.2, 0.25) is 0 Å². The van der Waals surface area contributed by atoms with Crippen molar-refractivity contribution in [3.05, 3.63) is 42.0 Å². The van der Waals surface area contributed by atoms with E-state index in [9.17, 15) is 18.4 Å². The van der Waals surface area contributed by atoms with Gasteiger partial charge in [-0.3, -0.25) is 4.79 Å². The van der Waals surface area contributed by atoms with Crippen LogP contribution >= 0.6 is 0 Å². The first-order valence-electron chi connectivity index (χ1n) is 9.67. The Hall–Kier alpha value is -3.04. The van der Waals surface area contributed by atoms with Crippen molar-refractivity contribution in [1.82, 2.24) is 24.8 Å². The minimum Gasteiger partial charge on any atom is -0.337 e. The maximum atomic E-state index is 14.0. The number of aromatic nitrogens is 3. The molecule has 8 nitrogen and oxygen atoms in total. The van der Waals surface area contributed by atoms with Crippen molar-refractivity contribution in [3.63, 3.8) is 0 Å². The van der Waals surface area contributed by atoms with Crippen LogP contribution in [0.5, 0.6) is 0 Å². The van der Waals surface area contributed by atoms with E-state index in [1.165, 1.54) is 34.0 Å². The van der Waals surface area contributed by atoms with E-state index in [0.717, 1.165) is 12.8 Å². The van der Waals surface area contributed by atoms with E-state index in [1.54, 1.807) is 11.0 Å². The van der Waals surface area contributed by atoms with Crippen LogP contribution in [0.25, 0.3) is 0 Å². The van der Waals surface area contributed by atoms with E-state index in [4.69, 9.17) is 0 Å². The number of nitrogens with zero attached hydrogens (tertiary/aromatic N) is 5. The van der Waals surface area contributed by atoms with Gasteiger partial charge in [0.25, 0.3) is 5.91 Å². The first-order valence-corrected chi connectivity index (χ1v) is 9.67. The second-order valence-electron chi connectivity index (χ2n) is 7.37. The van der Waals surface area contributed by atoms with Crippen LogP contribution in [-0.2, 0) is 6.54 Å². The number of likely N-dealkylation sites (tertiary alicyclic amines) is 2. The molecule has 0 spiro atoms. The van der Waals surface area contributed by atoms with Gasteiger partial charge in [0.15, 0.2) is 5.69 Å². The summed E-state index contributed by atoms with van der Waals surface area (Å²) < 4.78 is 29.3. The number of halogens is 2. The van der Waals surface area contributed by atoms with Gasteiger partial charge in [-0.05, 0) is 25.0 Å². The third kappa shape index (κ3) is 4.20. The zero-order chi connectivity index (χ0) is 20.4. The Morgan fingerprint density at radius 3 is 2.72 bits per heavy atom. The molecule has 1 aromatic carbocycles. The molecule has 3 amide bonds. The highest BCUT2D eigenvalue weighted by molar-refractivity contribution is 5.92. The molecule has 2 unspecified atom stereocenters. The van der Waals surface area contributed by atoms with Crippen LogP contribution in [0.15, 0.2) is 30.5 Å². The largest absolute Gasteiger partial charge is 0.337 e. The molecule has 1 N–H and O–H groups in total. The van der Waals surface area contributed by atoms with Gasteiger partial charge < -0.3 is 15.1 Å². The number of para-hydroxylation sites is 1. The summed E-state index contributed by atoms with van der Waals surface area (Å²) >= 11 is 0. The van der Waals surface area contributed by atoms with E-state index >= 15 is 0 Å². The third-order valence-corrected chi connectivity index (χ3v) is 5.29. The number of alkyl halides is 1. The van der Waals surface area contributed by atoms with Crippen LogP contribution in [0.3, 0.4) is 0 Å². The predicted molar refractivity (Wildman–Crippen MR) is 101 cm³/mol. The minimum atomic E-state index is -1.18. The lowest BCUT2D eigenvalue weighted by molar-refractivity contribution is 0.0787. The molecule has 154 valence electrons. The average molecular weight is 404 g/mol. The average Bonchev–Trinajstić information content (AvgIpc) is 3.44. The molecule has 2 aliphatic heterocycles. The Kier molecular flexibility index (Phi) is 5.41. The van der Waals surface area contributed by atoms with E-state index in [-0.39, 0.29) is 36.8 Å². The number of amides is 3. The fourth-order valence-corrected chi connectivity index (χ4v) is 3.81. The molecule has 3 heterocycles. The molecule has 0 bridgehead atoms. The molecule has 2 fully saturated rings. The maximum Gasteiger partial charge on any atom is 0.322 e. The summed E-state index contributed by atoms with van der Waals surface area (Å²) in [5.41, 5.74) is 0.280. The monoisotopic (exact) mass is 404 g/mol. The lowest BCUT2D eigenvalue weighted by Gasteiger charge is -2.24. The second-order valence-corrected chi connectivity index (χ2v) is 7.37. The number of benzene rings is 1. The number of nitrogens with one attached hydrogen (secondary N) is 1. The Morgan fingerprint density at radius 1 is 1.21 bits per heavy atom. The molecule has 0 aliphatic carbocycles. The number of urea groups is 1. The van der Waals surface area contributed by atoms with E-state index in [0.29, 0.717) is 13.1 Å². The summed E-state index contributed by atoms with van der Waals surface area (Å²) in [6.45, 7) is 1.54. The number of carbonyl (C=O) groups excluding carboxylic acids is 2. The predicted octanol–water partition coefficient (Wildman–Crippen LogP) is 2.30. The van der Waals surface area contributed by atoms with E-state index < -0.39 is 24.1 Å². The number of carbonyl (C=O) groups is 2. The third-order valence-electron chi connectivity index (χ3n) is 5.29. The Morgan fingerprint density at radius 2 is 1.97 bits per heavy atom. The smallest absolute Gasteiger partial charge is 0.322 e. The standard InChI is InChI=1S/C19H22F2N6O2/c20-13-9-14(27(10-13)19(29)22-16-6-2-1-5-15(16)21)11-26-12-17(23-24-26)18(28)25-7-3-4-8-25/h1-2,5-6,12-14H,3-4,7-11H2,(H,22,29). The van der Waals surface area contributed by atoms with Crippen molar-refractivity contribution in [2.24, 2.45) is 0 Å². The molecule has 4 rings (SSSR count). The lowest BCUT2D eigenvalue weighted by Crippen LogP contribution is -2.41. The quantitative estimate of drug-likeness (QED) is 0.848. The topological polar surface area (TPSA) is 83.4 Å². The zero-order valence-electron chi connectivity index (χ0n) is 15.8. The molecule has 2 aliphatic rings. The molecule has 0 radical (unpaired) electrons.